The van der Waals surface area contributed by atoms with Crippen LogP contribution in [0.3, 0.4) is 0 Å². The van der Waals surface area contributed by atoms with E-state index in [2.05, 4.69) is 205 Å². The SMILES string of the molecule is c1ccc(-c2ccc(N(c3ccc(-c4cccc(-c5cccc6ccccc56)c4)cc3)c3ccccc3-c3ccc4c(c3)oc3ccccc34)cc2)cc1. The molecule has 254 valence electrons. The Hall–Kier alpha value is -7.16. The maximum absolute atomic E-state index is 6.34. The molecule has 0 N–H and O–H groups in total. The summed E-state index contributed by atoms with van der Waals surface area (Å²) in [6, 6.07) is 75.9. The van der Waals surface area contributed by atoms with Crippen molar-refractivity contribution >= 4 is 49.8 Å². The number of rotatable bonds is 7. The lowest BCUT2D eigenvalue weighted by atomic mass is 9.95. The number of anilines is 3. The number of hydrogen-bond acceptors (Lipinski definition) is 2. The Morgan fingerprint density at radius 1 is 0.296 bits per heavy atom. The Kier molecular flexibility index (Phi) is 7.85. The topological polar surface area (TPSA) is 16.4 Å². The van der Waals surface area contributed by atoms with Gasteiger partial charge in [0.25, 0.3) is 0 Å². The van der Waals surface area contributed by atoms with Gasteiger partial charge in [0.15, 0.2) is 0 Å². The zero-order chi connectivity index (χ0) is 35.8. The Bertz CT molecular complexity index is 2920. The molecule has 0 bridgehead atoms. The highest BCUT2D eigenvalue weighted by molar-refractivity contribution is 6.06. The van der Waals surface area contributed by atoms with Gasteiger partial charge in [-0.2, -0.15) is 0 Å². The van der Waals surface area contributed by atoms with Gasteiger partial charge in [-0.1, -0.05) is 158 Å². The summed E-state index contributed by atoms with van der Waals surface area (Å²) in [5.74, 6) is 0. The number of para-hydroxylation sites is 2. The zero-order valence-corrected chi connectivity index (χ0v) is 29.6. The normalized spacial score (nSPS) is 11.3. The Labute approximate surface area is 314 Å². The van der Waals surface area contributed by atoms with Gasteiger partial charge in [0, 0.05) is 27.7 Å². The van der Waals surface area contributed by atoms with Gasteiger partial charge in [0.2, 0.25) is 0 Å². The highest BCUT2D eigenvalue weighted by atomic mass is 16.3. The molecule has 0 aliphatic heterocycles. The lowest BCUT2D eigenvalue weighted by Gasteiger charge is -2.28. The summed E-state index contributed by atoms with van der Waals surface area (Å²) in [7, 11) is 0. The van der Waals surface area contributed by atoms with Gasteiger partial charge in [-0.3, -0.25) is 0 Å². The van der Waals surface area contributed by atoms with Crippen LogP contribution in [0.2, 0.25) is 0 Å². The zero-order valence-electron chi connectivity index (χ0n) is 29.6. The molecule has 0 aliphatic carbocycles. The first-order chi connectivity index (χ1) is 26.8. The van der Waals surface area contributed by atoms with Gasteiger partial charge >= 0.3 is 0 Å². The summed E-state index contributed by atoms with van der Waals surface area (Å²) in [5, 5.41) is 4.77. The van der Waals surface area contributed by atoms with Crippen molar-refractivity contribution in [3.63, 3.8) is 0 Å². The molecule has 9 aromatic carbocycles. The fourth-order valence-corrected chi connectivity index (χ4v) is 7.81. The van der Waals surface area contributed by atoms with Crippen LogP contribution in [-0.2, 0) is 0 Å². The molecule has 0 spiro atoms. The molecule has 1 aromatic heterocycles. The predicted octanol–water partition coefficient (Wildman–Crippen LogP) is 14.9. The van der Waals surface area contributed by atoms with E-state index >= 15 is 0 Å². The van der Waals surface area contributed by atoms with Gasteiger partial charge in [-0.05, 0) is 104 Å². The lowest BCUT2D eigenvalue weighted by molar-refractivity contribution is 0.669. The van der Waals surface area contributed by atoms with E-state index < -0.39 is 0 Å². The second kappa shape index (κ2) is 13.4. The summed E-state index contributed by atoms with van der Waals surface area (Å²) in [6.07, 6.45) is 0. The molecule has 54 heavy (non-hydrogen) atoms. The van der Waals surface area contributed by atoms with Crippen LogP contribution in [0.15, 0.2) is 217 Å². The monoisotopic (exact) mass is 689 g/mol. The van der Waals surface area contributed by atoms with Crippen molar-refractivity contribution in [1.29, 1.82) is 0 Å². The minimum atomic E-state index is 0.886. The largest absolute Gasteiger partial charge is 0.456 e. The van der Waals surface area contributed by atoms with Gasteiger partial charge in [0.05, 0.1) is 5.69 Å². The fraction of sp³-hybridized carbons (Fsp3) is 0. The standard InChI is InChI=1S/C52H35NO/c1-2-12-36(13-3-1)37-24-29-43(30-25-37)53(50-22-8-6-19-47(50)42-28-33-49-48-20-7-9-23-51(48)54-52(49)35-42)44-31-26-38(27-32-44)40-16-10-17-41(34-40)46-21-11-15-39-14-4-5-18-45(39)46/h1-35H. The second-order valence-corrected chi connectivity index (χ2v) is 13.7. The smallest absolute Gasteiger partial charge is 0.136 e. The van der Waals surface area contributed by atoms with E-state index in [4.69, 9.17) is 4.42 Å². The van der Waals surface area contributed by atoms with E-state index in [1.807, 2.05) is 12.1 Å². The third-order valence-corrected chi connectivity index (χ3v) is 10.5. The van der Waals surface area contributed by atoms with E-state index in [0.717, 1.165) is 50.1 Å². The van der Waals surface area contributed by atoms with Gasteiger partial charge in [0.1, 0.15) is 11.2 Å². The van der Waals surface area contributed by atoms with Crippen molar-refractivity contribution in [2.24, 2.45) is 0 Å². The fourth-order valence-electron chi connectivity index (χ4n) is 7.81. The number of hydrogen-bond donors (Lipinski definition) is 0. The van der Waals surface area contributed by atoms with Crippen molar-refractivity contribution in [3.8, 4) is 44.5 Å². The van der Waals surface area contributed by atoms with Crippen LogP contribution in [0.5, 0.6) is 0 Å². The predicted molar refractivity (Wildman–Crippen MR) is 228 cm³/mol. The molecule has 0 aliphatic rings. The average Bonchev–Trinajstić information content (AvgIpc) is 3.63. The van der Waals surface area contributed by atoms with Crippen LogP contribution in [0, 0.1) is 0 Å². The van der Waals surface area contributed by atoms with Crippen molar-refractivity contribution in [2.45, 2.75) is 0 Å². The summed E-state index contributed by atoms with van der Waals surface area (Å²) in [4.78, 5) is 2.36. The summed E-state index contributed by atoms with van der Waals surface area (Å²) < 4.78 is 6.34. The van der Waals surface area contributed by atoms with E-state index in [-0.39, 0.29) is 0 Å². The molecule has 10 rings (SSSR count). The van der Waals surface area contributed by atoms with E-state index in [0.29, 0.717) is 0 Å². The first-order valence-corrected chi connectivity index (χ1v) is 18.4. The number of furan rings is 1. The minimum absolute atomic E-state index is 0.886. The Morgan fingerprint density at radius 2 is 0.815 bits per heavy atom. The number of fused-ring (bicyclic) bond motifs is 4. The molecule has 2 heteroatoms. The second-order valence-electron chi connectivity index (χ2n) is 13.7. The molecule has 10 aromatic rings. The molecule has 0 fully saturated rings. The summed E-state index contributed by atoms with van der Waals surface area (Å²) in [6.45, 7) is 0. The van der Waals surface area contributed by atoms with Crippen LogP contribution in [-0.4, -0.2) is 0 Å². The van der Waals surface area contributed by atoms with Crippen molar-refractivity contribution in [2.75, 3.05) is 4.90 Å². The average molecular weight is 690 g/mol. The third kappa shape index (κ3) is 5.71. The van der Waals surface area contributed by atoms with Gasteiger partial charge in [-0.25, -0.2) is 0 Å². The van der Waals surface area contributed by atoms with Crippen LogP contribution in [0.1, 0.15) is 0 Å². The number of benzene rings is 9. The summed E-state index contributed by atoms with van der Waals surface area (Å²) in [5.41, 5.74) is 14.5. The van der Waals surface area contributed by atoms with Crippen LogP contribution >= 0.6 is 0 Å². The lowest BCUT2D eigenvalue weighted by Crippen LogP contribution is -2.11. The summed E-state index contributed by atoms with van der Waals surface area (Å²) >= 11 is 0. The Balaban J connectivity index is 1.07. The minimum Gasteiger partial charge on any atom is -0.456 e. The van der Waals surface area contributed by atoms with E-state index in [9.17, 15) is 0 Å². The Morgan fingerprint density at radius 3 is 1.63 bits per heavy atom. The highest BCUT2D eigenvalue weighted by Crippen LogP contribution is 2.43. The van der Waals surface area contributed by atoms with Crippen molar-refractivity contribution in [1.82, 2.24) is 0 Å². The van der Waals surface area contributed by atoms with E-state index in [1.165, 1.54) is 44.2 Å². The molecule has 0 unspecified atom stereocenters. The molecule has 0 saturated heterocycles. The molecule has 0 saturated carbocycles. The van der Waals surface area contributed by atoms with Crippen molar-refractivity contribution in [3.05, 3.63) is 212 Å². The van der Waals surface area contributed by atoms with Crippen LogP contribution < -0.4 is 4.90 Å². The molecule has 0 amide bonds. The van der Waals surface area contributed by atoms with Gasteiger partial charge < -0.3 is 9.32 Å². The first-order valence-electron chi connectivity index (χ1n) is 18.4. The maximum Gasteiger partial charge on any atom is 0.136 e. The van der Waals surface area contributed by atoms with Gasteiger partial charge in [-0.15, -0.1) is 0 Å². The molecule has 2 nitrogen and oxygen atoms in total. The molecule has 0 radical (unpaired) electrons. The quantitative estimate of drug-likeness (QED) is 0.166. The molecule has 1 heterocycles. The molecular formula is C52H35NO. The molecule has 0 atom stereocenters. The first kappa shape index (κ1) is 31.6. The highest BCUT2D eigenvalue weighted by Gasteiger charge is 2.19. The van der Waals surface area contributed by atoms with Crippen LogP contribution in [0.25, 0.3) is 77.2 Å². The van der Waals surface area contributed by atoms with Crippen molar-refractivity contribution < 1.29 is 4.42 Å². The number of nitrogens with zero attached hydrogens (tertiary/aromatic N) is 1. The molecular weight excluding hydrogens is 655 g/mol. The van der Waals surface area contributed by atoms with Crippen LogP contribution in [0.4, 0.5) is 17.1 Å². The maximum atomic E-state index is 6.34. The third-order valence-electron chi connectivity index (χ3n) is 10.5. The van der Waals surface area contributed by atoms with E-state index in [1.54, 1.807) is 0 Å².